The number of H-pyrrole nitrogens is 2. The number of hydrogen-bond acceptors (Lipinski definition) is 10. The first-order valence-corrected chi connectivity index (χ1v) is 22.8. The van der Waals surface area contributed by atoms with Gasteiger partial charge in [-0.1, -0.05) is 74.5 Å². The number of hydrogen-bond donors (Lipinski definition) is 4. The number of imidazole rings is 2. The third-order valence-corrected chi connectivity index (χ3v) is 14.4. The minimum absolute atomic E-state index is 0.105. The number of thiophene rings is 2. The minimum Gasteiger partial charge on any atom is -0.453 e. The van der Waals surface area contributed by atoms with E-state index in [1.807, 2.05) is 61.3 Å². The van der Waals surface area contributed by atoms with Gasteiger partial charge in [-0.15, -0.1) is 22.7 Å². The molecular weight excluding hydrogens is 837 g/mol. The number of alkyl carbamates (subject to hydrolysis) is 2. The number of aromatic amines is 2. The molecule has 2 fully saturated rings. The molecule has 14 nitrogen and oxygen atoms in total. The number of amides is 4. The standard InChI is InChI=1S/C47H48N8O6S2/c1-26(2)40(52-46(58)60-3)44(56)55-21-9-13-35(55)43-49-31-19-18-30(22-32(31)50-43)37-24-39-38(63-37)23-36(62-39)28-16-14-27(15-17-28)33-25-48-42(51-33)34-12-8-20-54(34)45(57)41(53-47(59)61-4)29-10-6-5-7-11-29/h5-7,10-11,14-19,22-26,34-35,40-41H,8-9,12-13,20-21H2,1-4H3,(H,48,51)(H,49,50)(H,52,58)(H,53,59)/t34-,35-,40-,41+/m0/s1. The first-order chi connectivity index (χ1) is 30.6. The van der Waals surface area contributed by atoms with Crippen molar-refractivity contribution in [3.05, 3.63) is 108 Å². The van der Waals surface area contributed by atoms with Gasteiger partial charge in [0, 0.05) is 44.0 Å². The van der Waals surface area contributed by atoms with Crippen LogP contribution in [0.25, 0.3) is 52.6 Å². The monoisotopic (exact) mass is 884 g/mol. The van der Waals surface area contributed by atoms with Gasteiger partial charge in [0.1, 0.15) is 23.7 Å². The maximum absolute atomic E-state index is 13.9. The molecule has 63 heavy (non-hydrogen) atoms. The molecular formula is C47H48N8O6S2. The van der Waals surface area contributed by atoms with Gasteiger partial charge in [-0.2, -0.15) is 0 Å². The van der Waals surface area contributed by atoms with E-state index in [2.05, 4.69) is 69.1 Å². The molecule has 0 spiro atoms. The molecule has 0 aliphatic carbocycles. The van der Waals surface area contributed by atoms with Crippen LogP contribution in [0.3, 0.4) is 0 Å². The molecule has 16 heteroatoms. The molecule has 4 N–H and O–H groups in total. The highest BCUT2D eigenvalue weighted by atomic mass is 32.1. The number of rotatable bonds is 11. The van der Waals surface area contributed by atoms with Crippen LogP contribution in [-0.2, 0) is 19.1 Å². The number of carbonyl (C=O) groups excluding carboxylic acids is 4. The Morgan fingerprint density at radius 3 is 1.98 bits per heavy atom. The Labute approximate surface area is 372 Å². The lowest BCUT2D eigenvalue weighted by Gasteiger charge is -2.29. The molecule has 324 valence electrons. The fraction of sp³-hybridized carbons (Fsp3) is 0.319. The fourth-order valence-corrected chi connectivity index (χ4v) is 11.1. The number of nitrogens with zero attached hydrogens (tertiary/aromatic N) is 4. The van der Waals surface area contributed by atoms with Crippen LogP contribution in [0, 0.1) is 5.92 Å². The number of benzene rings is 3. The normalized spacial score (nSPS) is 17.3. The van der Waals surface area contributed by atoms with E-state index in [-0.39, 0.29) is 29.8 Å². The van der Waals surface area contributed by atoms with Crippen molar-refractivity contribution in [2.45, 2.75) is 63.7 Å². The van der Waals surface area contributed by atoms with Gasteiger partial charge in [-0.05, 0) is 72.6 Å². The summed E-state index contributed by atoms with van der Waals surface area (Å²) in [4.78, 5) is 74.5. The lowest BCUT2D eigenvalue weighted by molar-refractivity contribution is -0.135. The molecule has 6 heterocycles. The fourth-order valence-electron chi connectivity index (χ4n) is 8.70. The van der Waals surface area contributed by atoms with Crippen molar-refractivity contribution in [2.75, 3.05) is 27.3 Å². The Morgan fingerprint density at radius 2 is 1.32 bits per heavy atom. The summed E-state index contributed by atoms with van der Waals surface area (Å²) in [7, 11) is 2.58. The summed E-state index contributed by atoms with van der Waals surface area (Å²) < 4.78 is 12.0. The Bertz CT molecular complexity index is 2760. The first kappa shape index (κ1) is 41.8. The lowest BCUT2D eigenvalue weighted by atomic mass is 10.0. The summed E-state index contributed by atoms with van der Waals surface area (Å²) >= 11 is 3.51. The molecule has 3 aromatic carbocycles. The van der Waals surface area contributed by atoms with Gasteiger partial charge in [0.25, 0.3) is 5.91 Å². The maximum Gasteiger partial charge on any atom is 0.407 e. The van der Waals surface area contributed by atoms with Crippen LogP contribution in [0.1, 0.15) is 74.9 Å². The molecule has 2 aliphatic heterocycles. The van der Waals surface area contributed by atoms with Crippen molar-refractivity contribution in [3.8, 4) is 32.1 Å². The van der Waals surface area contributed by atoms with E-state index in [1.54, 1.807) is 27.6 Å². The average Bonchev–Trinajstić information content (AvgIpc) is 4.16. The van der Waals surface area contributed by atoms with Gasteiger partial charge in [0.15, 0.2) is 0 Å². The molecule has 7 aromatic rings. The average molecular weight is 885 g/mol. The Morgan fingerprint density at radius 1 is 0.714 bits per heavy atom. The smallest absolute Gasteiger partial charge is 0.407 e. The molecule has 9 rings (SSSR count). The number of likely N-dealkylation sites (tertiary alicyclic amines) is 2. The van der Waals surface area contributed by atoms with Crippen LogP contribution in [0.15, 0.2) is 91.1 Å². The maximum atomic E-state index is 13.9. The second kappa shape index (κ2) is 17.7. The summed E-state index contributed by atoms with van der Waals surface area (Å²) in [5.41, 5.74) is 6.41. The number of ether oxygens (including phenoxy) is 2. The first-order valence-electron chi connectivity index (χ1n) is 21.1. The molecule has 0 unspecified atom stereocenters. The van der Waals surface area contributed by atoms with Gasteiger partial charge in [0.05, 0.1) is 43.0 Å². The van der Waals surface area contributed by atoms with Crippen LogP contribution in [-0.4, -0.2) is 87.1 Å². The predicted octanol–water partition coefficient (Wildman–Crippen LogP) is 9.37. The largest absolute Gasteiger partial charge is 0.453 e. The van der Waals surface area contributed by atoms with Gasteiger partial charge in [-0.3, -0.25) is 9.59 Å². The summed E-state index contributed by atoms with van der Waals surface area (Å²) in [6.45, 7) is 4.98. The molecule has 0 bridgehead atoms. The van der Waals surface area contributed by atoms with Crippen LogP contribution in [0.2, 0.25) is 0 Å². The molecule has 4 aromatic heterocycles. The molecule has 2 saturated heterocycles. The van der Waals surface area contributed by atoms with E-state index in [0.29, 0.717) is 24.5 Å². The minimum atomic E-state index is -0.876. The van der Waals surface area contributed by atoms with Crippen LogP contribution >= 0.6 is 22.7 Å². The summed E-state index contributed by atoms with van der Waals surface area (Å²) in [6.07, 6.45) is 3.82. The highest BCUT2D eigenvalue weighted by Gasteiger charge is 2.39. The number of nitrogens with one attached hydrogen (secondary N) is 4. The molecule has 4 atom stereocenters. The molecule has 4 amide bonds. The van der Waals surface area contributed by atoms with Crippen LogP contribution in [0.5, 0.6) is 0 Å². The molecule has 0 radical (unpaired) electrons. The van der Waals surface area contributed by atoms with Crippen molar-refractivity contribution in [3.63, 3.8) is 0 Å². The zero-order valence-corrected chi connectivity index (χ0v) is 37.0. The molecule has 2 aliphatic rings. The van der Waals surface area contributed by atoms with Gasteiger partial charge >= 0.3 is 12.2 Å². The SMILES string of the molecule is COC(=O)N[C@H](C(=O)N1CCC[C@H]1c1nc2ccc(-c3cc4sc(-c5ccc(-c6c[nH]c([C@@H]7CCCN7C(=O)[C@H](NC(=O)OC)c7ccccc7)n6)cc5)cc4s3)cc2[nH]1)C(C)C. The van der Waals surface area contributed by atoms with E-state index in [1.165, 1.54) is 28.5 Å². The quantitative estimate of drug-likeness (QED) is 0.0994. The Kier molecular flexibility index (Phi) is 11.7. The number of aromatic nitrogens is 4. The predicted molar refractivity (Wildman–Crippen MR) is 244 cm³/mol. The summed E-state index contributed by atoms with van der Waals surface area (Å²) in [5, 5.41) is 5.44. The van der Waals surface area contributed by atoms with Crippen LogP contribution < -0.4 is 10.6 Å². The summed E-state index contributed by atoms with van der Waals surface area (Å²) in [5.74, 6) is 1.02. The highest BCUT2D eigenvalue weighted by molar-refractivity contribution is 7.31. The van der Waals surface area contributed by atoms with Crippen LogP contribution in [0.4, 0.5) is 9.59 Å². The van der Waals surface area contributed by atoms with Crippen molar-refractivity contribution in [1.29, 1.82) is 0 Å². The number of methoxy groups -OCH3 is 2. The lowest BCUT2D eigenvalue weighted by Crippen LogP contribution is -2.51. The highest BCUT2D eigenvalue weighted by Crippen LogP contribution is 2.43. The number of fused-ring (bicyclic) bond motifs is 2. The zero-order valence-electron chi connectivity index (χ0n) is 35.3. The second-order valence-electron chi connectivity index (χ2n) is 16.3. The van der Waals surface area contributed by atoms with Gasteiger partial charge in [-0.25, -0.2) is 19.6 Å². The Balaban J connectivity index is 0.876. The van der Waals surface area contributed by atoms with E-state index in [4.69, 9.17) is 19.4 Å². The van der Waals surface area contributed by atoms with E-state index >= 15 is 0 Å². The third kappa shape index (κ3) is 8.40. The van der Waals surface area contributed by atoms with E-state index in [9.17, 15) is 19.2 Å². The van der Waals surface area contributed by atoms with E-state index in [0.717, 1.165) is 69.8 Å². The van der Waals surface area contributed by atoms with Gasteiger partial charge < -0.3 is 39.9 Å². The zero-order chi connectivity index (χ0) is 43.8. The van der Waals surface area contributed by atoms with Gasteiger partial charge in [0.2, 0.25) is 5.91 Å². The summed E-state index contributed by atoms with van der Waals surface area (Å²) in [6, 6.07) is 26.3. The third-order valence-electron chi connectivity index (χ3n) is 12.0. The Hall–Kier alpha value is -6.52. The van der Waals surface area contributed by atoms with Crippen molar-refractivity contribution in [2.24, 2.45) is 5.92 Å². The molecule has 0 saturated carbocycles. The second-order valence-corrected chi connectivity index (χ2v) is 18.4. The van der Waals surface area contributed by atoms with Crippen molar-refractivity contribution < 1.29 is 28.7 Å². The topological polar surface area (TPSA) is 175 Å². The van der Waals surface area contributed by atoms with Crippen molar-refractivity contribution >= 4 is 67.1 Å². The van der Waals surface area contributed by atoms with E-state index < -0.39 is 24.3 Å². The number of carbonyl (C=O) groups is 4. The van der Waals surface area contributed by atoms with Crippen molar-refractivity contribution in [1.82, 2.24) is 40.4 Å².